The number of nitrogen functional groups attached to an aromatic ring is 1. The monoisotopic (exact) mass is 287 g/mol. The largest absolute Gasteiger partial charge is 0.481 e. The maximum absolute atomic E-state index is 12.7. The summed E-state index contributed by atoms with van der Waals surface area (Å²) in [7, 11) is 0. The van der Waals surface area contributed by atoms with Crippen LogP contribution in [0.3, 0.4) is 0 Å². The van der Waals surface area contributed by atoms with E-state index in [4.69, 9.17) is 5.73 Å². The molecule has 1 aromatic rings. The minimum absolute atomic E-state index is 0.0687. The maximum atomic E-state index is 12.7. The molecule has 3 nitrogen and oxygen atoms in total. The Bertz CT molecular complexity index is 510. The molecule has 110 valence electrons. The summed E-state index contributed by atoms with van der Waals surface area (Å²) in [5.41, 5.74) is 4.99. The lowest BCUT2D eigenvalue weighted by atomic mass is 9.77. The van der Waals surface area contributed by atoms with Gasteiger partial charge in [-0.3, -0.25) is 4.79 Å². The van der Waals surface area contributed by atoms with Gasteiger partial charge in [0.05, 0.1) is 11.5 Å². The molecule has 20 heavy (non-hydrogen) atoms. The first-order valence-electron chi connectivity index (χ1n) is 6.48. The van der Waals surface area contributed by atoms with Crippen LogP contribution < -0.4 is 5.73 Å². The van der Waals surface area contributed by atoms with Gasteiger partial charge in [0.15, 0.2) is 0 Å². The van der Waals surface area contributed by atoms with Crippen molar-refractivity contribution in [3.05, 3.63) is 29.3 Å². The molecule has 0 amide bonds. The van der Waals surface area contributed by atoms with Crippen molar-refractivity contribution in [2.75, 3.05) is 5.73 Å². The molecule has 1 fully saturated rings. The summed E-state index contributed by atoms with van der Waals surface area (Å²) in [6, 6.07) is 2.88. The highest BCUT2D eigenvalue weighted by Gasteiger charge is 2.34. The van der Waals surface area contributed by atoms with E-state index in [2.05, 4.69) is 0 Å². The number of halogens is 3. The van der Waals surface area contributed by atoms with Crippen molar-refractivity contribution in [3.63, 3.8) is 0 Å². The van der Waals surface area contributed by atoms with Gasteiger partial charge in [0.25, 0.3) is 0 Å². The number of hydrogen-bond donors (Lipinski definition) is 2. The van der Waals surface area contributed by atoms with Crippen molar-refractivity contribution in [3.8, 4) is 0 Å². The molecular weight excluding hydrogens is 271 g/mol. The molecule has 0 saturated heterocycles. The first-order valence-corrected chi connectivity index (χ1v) is 6.48. The zero-order chi connectivity index (χ0) is 14.9. The normalized spacial score (nSPS) is 17.6. The second-order valence-electron chi connectivity index (χ2n) is 5.26. The molecule has 6 heteroatoms. The fourth-order valence-corrected chi connectivity index (χ4v) is 2.48. The van der Waals surface area contributed by atoms with Crippen LogP contribution in [0.2, 0.25) is 0 Å². The Morgan fingerprint density at radius 1 is 1.40 bits per heavy atom. The number of carboxylic acid groups (broad SMARTS) is 1. The van der Waals surface area contributed by atoms with Crippen molar-refractivity contribution in [1.29, 1.82) is 0 Å². The fourth-order valence-electron chi connectivity index (χ4n) is 2.48. The highest BCUT2D eigenvalue weighted by molar-refractivity contribution is 5.78. The van der Waals surface area contributed by atoms with Gasteiger partial charge in [-0.05, 0) is 36.1 Å². The standard InChI is InChI=1S/C14H16F3NO2/c15-14(16,17)9-4-5-12(18)10(7-9)11(13(19)20)6-8-2-1-3-8/h4-5,7-8,11H,1-3,6,18H2,(H,19,20). The maximum Gasteiger partial charge on any atom is 0.416 e. The number of nitrogens with two attached hydrogens (primary N) is 1. The minimum atomic E-state index is -4.50. The smallest absolute Gasteiger partial charge is 0.416 e. The lowest BCUT2D eigenvalue weighted by Crippen LogP contribution is -2.21. The van der Waals surface area contributed by atoms with Crippen molar-refractivity contribution in [2.45, 2.75) is 37.8 Å². The van der Waals surface area contributed by atoms with E-state index in [1.807, 2.05) is 0 Å². The number of benzene rings is 1. The van der Waals surface area contributed by atoms with Crippen LogP contribution >= 0.6 is 0 Å². The Morgan fingerprint density at radius 2 is 2.05 bits per heavy atom. The second-order valence-corrected chi connectivity index (χ2v) is 5.26. The summed E-state index contributed by atoms with van der Waals surface area (Å²) in [6.45, 7) is 0. The van der Waals surface area contributed by atoms with E-state index in [9.17, 15) is 23.1 Å². The molecule has 0 aliphatic heterocycles. The van der Waals surface area contributed by atoms with Gasteiger partial charge in [0, 0.05) is 5.69 Å². The molecule has 1 saturated carbocycles. The summed E-state index contributed by atoms with van der Waals surface area (Å²) in [5, 5.41) is 9.28. The Labute approximate surface area is 114 Å². The van der Waals surface area contributed by atoms with E-state index >= 15 is 0 Å². The van der Waals surface area contributed by atoms with E-state index in [-0.39, 0.29) is 17.2 Å². The van der Waals surface area contributed by atoms with Gasteiger partial charge in [0.1, 0.15) is 0 Å². The first kappa shape index (κ1) is 14.7. The molecule has 2 rings (SSSR count). The highest BCUT2D eigenvalue weighted by Crippen LogP contribution is 2.39. The van der Waals surface area contributed by atoms with Crippen LogP contribution in [0.4, 0.5) is 18.9 Å². The number of anilines is 1. The van der Waals surface area contributed by atoms with Crippen LogP contribution in [0.5, 0.6) is 0 Å². The second kappa shape index (κ2) is 5.34. The van der Waals surface area contributed by atoms with Gasteiger partial charge >= 0.3 is 12.1 Å². The van der Waals surface area contributed by atoms with Crippen LogP contribution in [-0.2, 0) is 11.0 Å². The molecule has 1 aromatic carbocycles. The molecule has 0 bridgehead atoms. The number of aliphatic carboxylic acids is 1. The van der Waals surface area contributed by atoms with Crippen LogP contribution in [0, 0.1) is 5.92 Å². The first-order chi connectivity index (χ1) is 9.29. The van der Waals surface area contributed by atoms with E-state index in [0.717, 1.165) is 37.5 Å². The van der Waals surface area contributed by atoms with Gasteiger partial charge in [-0.15, -0.1) is 0 Å². The molecular formula is C14H16F3NO2. The lowest BCUT2D eigenvalue weighted by molar-refractivity contribution is -0.140. The molecule has 1 aliphatic rings. The summed E-state index contributed by atoms with van der Waals surface area (Å²) < 4.78 is 38.1. The van der Waals surface area contributed by atoms with Gasteiger partial charge in [-0.1, -0.05) is 19.3 Å². The zero-order valence-electron chi connectivity index (χ0n) is 10.8. The summed E-state index contributed by atoms with van der Waals surface area (Å²) in [6.07, 6.45) is -1.23. The van der Waals surface area contributed by atoms with Crippen LogP contribution in [0.1, 0.15) is 42.7 Å². The van der Waals surface area contributed by atoms with Crippen LogP contribution in [0.15, 0.2) is 18.2 Å². The Balaban J connectivity index is 2.33. The third kappa shape index (κ3) is 3.05. The van der Waals surface area contributed by atoms with Crippen molar-refractivity contribution in [1.82, 2.24) is 0 Å². The Morgan fingerprint density at radius 3 is 2.50 bits per heavy atom. The van der Waals surface area contributed by atoms with Crippen LogP contribution in [-0.4, -0.2) is 11.1 Å². The summed E-state index contributed by atoms with van der Waals surface area (Å²) in [4.78, 5) is 11.4. The van der Waals surface area contributed by atoms with E-state index in [1.54, 1.807) is 0 Å². The number of rotatable bonds is 4. The van der Waals surface area contributed by atoms with Crippen molar-refractivity contribution < 1.29 is 23.1 Å². The number of hydrogen-bond acceptors (Lipinski definition) is 2. The highest BCUT2D eigenvalue weighted by atomic mass is 19.4. The predicted molar refractivity (Wildman–Crippen MR) is 68.2 cm³/mol. The fraction of sp³-hybridized carbons (Fsp3) is 0.500. The molecule has 0 spiro atoms. The van der Waals surface area contributed by atoms with Gasteiger partial charge in [-0.2, -0.15) is 13.2 Å². The number of carbonyl (C=O) groups is 1. The molecule has 1 aliphatic carbocycles. The molecule has 0 radical (unpaired) electrons. The molecule has 1 unspecified atom stereocenters. The average molecular weight is 287 g/mol. The van der Waals surface area contributed by atoms with E-state index in [1.165, 1.54) is 0 Å². The van der Waals surface area contributed by atoms with Gasteiger partial charge in [-0.25, -0.2) is 0 Å². The molecule has 0 aromatic heterocycles. The van der Waals surface area contributed by atoms with Crippen molar-refractivity contribution in [2.24, 2.45) is 5.92 Å². The number of carboxylic acids is 1. The molecule has 3 N–H and O–H groups in total. The van der Waals surface area contributed by atoms with E-state index < -0.39 is 23.6 Å². The third-order valence-corrected chi connectivity index (χ3v) is 3.88. The minimum Gasteiger partial charge on any atom is -0.481 e. The van der Waals surface area contributed by atoms with Gasteiger partial charge in [0.2, 0.25) is 0 Å². The predicted octanol–water partition coefficient (Wildman–Crippen LogP) is 3.65. The van der Waals surface area contributed by atoms with Crippen molar-refractivity contribution >= 4 is 11.7 Å². The topological polar surface area (TPSA) is 63.3 Å². The Kier molecular flexibility index (Phi) is 3.92. The lowest BCUT2D eigenvalue weighted by Gasteiger charge is -2.28. The Hall–Kier alpha value is -1.72. The molecule has 0 heterocycles. The SMILES string of the molecule is Nc1ccc(C(F)(F)F)cc1C(CC1CCC1)C(=O)O. The average Bonchev–Trinajstić information content (AvgIpc) is 2.27. The van der Waals surface area contributed by atoms with Gasteiger partial charge < -0.3 is 10.8 Å². The molecule has 1 atom stereocenters. The number of alkyl halides is 3. The van der Waals surface area contributed by atoms with Crippen LogP contribution in [0.25, 0.3) is 0 Å². The van der Waals surface area contributed by atoms with E-state index in [0.29, 0.717) is 6.42 Å². The summed E-state index contributed by atoms with van der Waals surface area (Å²) >= 11 is 0. The third-order valence-electron chi connectivity index (χ3n) is 3.88. The summed E-state index contributed by atoms with van der Waals surface area (Å²) in [5.74, 6) is -1.82. The quantitative estimate of drug-likeness (QED) is 0.831. The zero-order valence-corrected chi connectivity index (χ0v) is 10.8.